The van der Waals surface area contributed by atoms with Gasteiger partial charge in [0.2, 0.25) is 5.28 Å². The highest BCUT2D eigenvalue weighted by Gasteiger charge is 2.32. The Bertz CT molecular complexity index is 1020. The Hall–Kier alpha value is -2.75. The maximum atomic E-state index is 13.2. The van der Waals surface area contributed by atoms with Gasteiger partial charge in [-0.05, 0) is 63.1 Å². The van der Waals surface area contributed by atoms with E-state index in [-0.39, 0.29) is 17.5 Å². The number of aromatic nitrogens is 2. The number of nitrogens with zero attached hydrogens (tertiary/aromatic N) is 3. The first-order valence-electron chi connectivity index (χ1n) is 10.0. The number of carbonyl (C=O) groups is 1. The van der Waals surface area contributed by atoms with Crippen LogP contribution in [0.1, 0.15) is 56.1 Å². The summed E-state index contributed by atoms with van der Waals surface area (Å²) in [5.74, 6) is 0.344. The summed E-state index contributed by atoms with van der Waals surface area (Å²) >= 11 is 6.07. The number of nitrogens with two attached hydrogens (primary N) is 1. The quantitative estimate of drug-likeness (QED) is 0.472. The minimum atomic E-state index is -4.52. The number of amides is 1. The van der Waals surface area contributed by atoms with Crippen molar-refractivity contribution in [3.05, 3.63) is 45.9 Å². The van der Waals surface area contributed by atoms with Crippen LogP contribution in [0.25, 0.3) is 0 Å². The van der Waals surface area contributed by atoms with Crippen molar-refractivity contribution in [3.63, 3.8) is 0 Å². The fraction of sp³-hybridized carbons (Fsp3) is 0.476. The largest absolute Gasteiger partial charge is 0.444 e. The van der Waals surface area contributed by atoms with E-state index in [0.29, 0.717) is 35.6 Å². The Morgan fingerprint density at radius 1 is 1.25 bits per heavy atom. The molecule has 1 aliphatic heterocycles. The Morgan fingerprint density at radius 3 is 2.56 bits per heavy atom. The second-order valence-electron chi connectivity index (χ2n) is 8.67. The Balaban J connectivity index is 1.88. The van der Waals surface area contributed by atoms with Crippen LogP contribution in [-0.2, 0) is 23.9 Å². The molecule has 1 atom stereocenters. The summed E-state index contributed by atoms with van der Waals surface area (Å²) in [6.45, 7) is 7.60. The fourth-order valence-corrected chi connectivity index (χ4v) is 3.55. The molecule has 1 amide bonds. The maximum Gasteiger partial charge on any atom is 0.416 e. The number of carbonyl (C=O) groups excluding carboxylic acids is 1. The summed E-state index contributed by atoms with van der Waals surface area (Å²) in [5.41, 5.74) is 5.86. The fourth-order valence-electron chi connectivity index (χ4n) is 3.36. The predicted molar refractivity (Wildman–Crippen MR) is 115 cm³/mol. The number of fused-ring (bicyclic) bond motifs is 1. The van der Waals surface area contributed by atoms with Crippen molar-refractivity contribution in [3.8, 4) is 0 Å². The lowest BCUT2D eigenvalue weighted by atomic mass is 10.0. The first kappa shape index (κ1) is 23.9. The van der Waals surface area contributed by atoms with E-state index in [1.807, 2.05) is 0 Å². The van der Waals surface area contributed by atoms with Crippen molar-refractivity contribution in [1.29, 1.82) is 0 Å². The normalized spacial score (nSPS) is 15.2. The molecule has 0 saturated carbocycles. The molecule has 0 saturated heterocycles. The third-order valence-electron chi connectivity index (χ3n) is 4.84. The number of halogens is 4. The molecule has 0 spiro atoms. The molecule has 1 aromatic heterocycles. The van der Waals surface area contributed by atoms with Gasteiger partial charge < -0.3 is 20.7 Å². The van der Waals surface area contributed by atoms with E-state index in [1.54, 1.807) is 27.7 Å². The van der Waals surface area contributed by atoms with Crippen LogP contribution in [-0.4, -0.2) is 33.1 Å². The molecular weight excluding hydrogens is 447 g/mol. The number of benzene rings is 1. The summed E-state index contributed by atoms with van der Waals surface area (Å²) < 4.78 is 45.0. The minimum absolute atomic E-state index is 0.00215. The molecular formula is C21H25ClF3N5O2. The smallest absolute Gasteiger partial charge is 0.416 e. The van der Waals surface area contributed by atoms with E-state index in [4.69, 9.17) is 22.1 Å². The van der Waals surface area contributed by atoms with Gasteiger partial charge in [-0.25, -0.2) is 14.8 Å². The van der Waals surface area contributed by atoms with Crippen molar-refractivity contribution in [1.82, 2.24) is 14.9 Å². The molecule has 1 aliphatic rings. The molecule has 0 bridgehead atoms. The molecule has 0 aliphatic carbocycles. The van der Waals surface area contributed by atoms with Crippen LogP contribution in [0.3, 0.4) is 0 Å². The summed E-state index contributed by atoms with van der Waals surface area (Å²) in [6, 6.07) is 2.82. The van der Waals surface area contributed by atoms with Crippen LogP contribution < -0.4 is 11.1 Å². The van der Waals surface area contributed by atoms with Gasteiger partial charge in [-0.15, -0.1) is 0 Å². The highest BCUT2D eigenvalue weighted by atomic mass is 35.5. The summed E-state index contributed by atoms with van der Waals surface area (Å²) in [7, 11) is 0. The summed E-state index contributed by atoms with van der Waals surface area (Å²) in [4.78, 5) is 22.5. The van der Waals surface area contributed by atoms with Gasteiger partial charge in [0.05, 0.1) is 23.8 Å². The van der Waals surface area contributed by atoms with Gasteiger partial charge in [0.25, 0.3) is 0 Å². The maximum absolute atomic E-state index is 13.2. The van der Waals surface area contributed by atoms with Gasteiger partial charge in [0, 0.05) is 24.2 Å². The molecule has 11 heteroatoms. The van der Waals surface area contributed by atoms with Gasteiger partial charge >= 0.3 is 12.3 Å². The molecule has 0 radical (unpaired) electrons. The first-order chi connectivity index (χ1) is 14.7. The molecule has 32 heavy (non-hydrogen) atoms. The van der Waals surface area contributed by atoms with Crippen LogP contribution in [0.2, 0.25) is 5.28 Å². The summed E-state index contributed by atoms with van der Waals surface area (Å²) in [5, 5.41) is 3.11. The van der Waals surface area contributed by atoms with Crippen molar-refractivity contribution in [2.75, 3.05) is 17.6 Å². The van der Waals surface area contributed by atoms with E-state index >= 15 is 0 Å². The zero-order chi connectivity index (χ0) is 23.8. The highest BCUT2D eigenvalue weighted by Crippen LogP contribution is 2.34. The van der Waals surface area contributed by atoms with Crippen molar-refractivity contribution < 1.29 is 22.7 Å². The van der Waals surface area contributed by atoms with E-state index in [2.05, 4.69) is 15.3 Å². The molecule has 2 heterocycles. The average Bonchev–Trinajstić information content (AvgIpc) is 2.65. The molecule has 174 valence electrons. The molecule has 3 N–H and O–H groups in total. The van der Waals surface area contributed by atoms with Crippen LogP contribution in [0.5, 0.6) is 0 Å². The topological polar surface area (TPSA) is 93.4 Å². The first-order valence-corrected chi connectivity index (χ1v) is 10.4. The summed E-state index contributed by atoms with van der Waals surface area (Å²) in [6.07, 6.45) is -4.55. The standard InChI is InChI=1S/C21H25ClF3N5O2/c1-11(12-7-13(21(23,24)25)9-14(26)8-12)27-17-15-10-30(19(31)32-20(2,3)4)6-5-16(15)28-18(22)29-17/h7-9,11H,5-6,10,26H2,1-4H3,(H,27,28,29)/t11-/m1/s1. The number of hydrogen-bond acceptors (Lipinski definition) is 6. The Kier molecular flexibility index (Phi) is 6.46. The van der Waals surface area contributed by atoms with E-state index in [0.717, 1.165) is 12.1 Å². The van der Waals surface area contributed by atoms with Gasteiger partial charge in [-0.3, -0.25) is 0 Å². The molecule has 0 fully saturated rings. The SMILES string of the molecule is C[C@@H](Nc1nc(Cl)nc2c1CN(C(=O)OC(C)(C)C)CC2)c1cc(N)cc(C(F)(F)F)c1. The lowest BCUT2D eigenvalue weighted by molar-refractivity contribution is -0.137. The van der Waals surface area contributed by atoms with Gasteiger partial charge in [0.15, 0.2) is 0 Å². The molecule has 3 rings (SSSR count). The van der Waals surface area contributed by atoms with E-state index in [1.165, 1.54) is 11.0 Å². The van der Waals surface area contributed by atoms with Crippen LogP contribution in [0, 0.1) is 0 Å². The predicted octanol–water partition coefficient (Wildman–Crippen LogP) is 5.20. The van der Waals surface area contributed by atoms with Crippen molar-refractivity contribution in [2.45, 2.75) is 58.5 Å². The number of rotatable bonds is 3. The number of ether oxygens (including phenoxy) is 1. The van der Waals surface area contributed by atoms with Crippen LogP contribution in [0.15, 0.2) is 18.2 Å². The zero-order valence-electron chi connectivity index (χ0n) is 18.2. The van der Waals surface area contributed by atoms with Crippen LogP contribution >= 0.6 is 11.6 Å². The third-order valence-corrected chi connectivity index (χ3v) is 5.01. The van der Waals surface area contributed by atoms with Gasteiger partial charge in [-0.2, -0.15) is 13.2 Å². The van der Waals surface area contributed by atoms with E-state index in [9.17, 15) is 18.0 Å². The number of nitrogen functional groups attached to an aromatic ring is 1. The Morgan fingerprint density at radius 2 is 1.94 bits per heavy atom. The second-order valence-corrected chi connectivity index (χ2v) is 9.01. The number of alkyl halides is 3. The molecule has 7 nitrogen and oxygen atoms in total. The Labute approximate surface area is 189 Å². The lowest BCUT2D eigenvalue weighted by Crippen LogP contribution is -2.40. The van der Waals surface area contributed by atoms with Crippen LogP contribution in [0.4, 0.5) is 29.5 Å². The van der Waals surface area contributed by atoms with E-state index < -0.39 is 29.5 Å². The molecule has 0 unspecified atom stereocenters. The second kappa shape index (κ2) is 8.65. The van der Waals surface area contributed by atoms with Gasteiger partial charge in [0.1, 0.15) is 11.4 Å². The number of nitrogens with one attached hydrogen (secondary N) is 1. The molecule has 1 aromatic carbocycles. The van der Waals surface area contributed by atoms with Gasteiger partial charge in [-0.1, -0.05) is 0 Å². The van der Waals surface area contributed by atoms with Crippen molar-refractivity contribution >= 4 is 29.2 Å². The monoisotopic (exact) mass is 471 g/mol. The third kappa shape index (κ3) is 5.73. The average molecular weight is 472 g/mol. The molecule has 2 aromatic rings. The minimum Gasteiger partial charge on any atom is -0.444 e. The number of hydrogen-bond donors (Lipinski definition) is 2. The van der Waals surface area contributed by atoms with Crippen molar-refractivity contribution in [2.24, 2.45) is 0 Å². The number of anilines is 2. The highest BCUT2D eigenvalue weighted by molar-refractivity contribution is 6.28. The lowest BCUT2D eigenvalue weighted by Gasteiger charge is -2.32. The zero-order valence-corrected chi connectivity index (χ0v) is 18.9.